The molecular weight excluding hydrogens is 334 g/mol. The monoisotopic (exact) mass is 361 g/mol. The van der Waals surface area contributed by atoms with E-state index in [9.17, 15) is 19.5 Å². The molecule has 1 aliphatic rings. The van der Waals surface area contributed by atoms with E-state index in [1.807, 2.05) is 31.2 Å². The molecule has 1 aromatic rings. The van der Waals surface area contributed by atoms with Crippen molar-refractivity contribution in [3.8, 4) is 0 Å². The van der Waals surface area contributed by atoms with Crippen molar-refractivity contribution >= 4 is 23.5 Å². The maximum atomic E-state index is 13.1. The minimum Gasteiger partial charge on any atom is -0.481 e. The Kier molecular flexibility index (Phi) is 7.18. The molecule has 0 bridgehead atoms. The van der Waals surface area contributed by atoms with E-state index in [2.05, 4.69) is 0 Å². The third-order valence-corrected chi connectivity index (χ3v) is 4.80. The number of anilines is 1. The molecule has 1 amide bonds. The first-order chi connectivity index (χ1) is 12.5. The van der Waals surface area contributed by atoms with E-state index < -0.39 is 29.7 Å². The van der Waals surface area contributed by atoms with E-state index in [0.29, 0.717) is 25.8 Å². The zero-order valence-electron chi connectivity index (χ0n) is 15.4. The molecule has 6 nitrogen and oxygen atoms in total. The van der Waals surface area contributed by atoms with Gasteiger partial charge in [-0.25, -0.2) is 0 Å². The standard InChI is InChI=1S/C20H27NO5/c1-3-5-6-10-15(20(25)26-4-2)17(19(23)24)18(22)21-13-12-14-9-7-8-11-16(14)21/h7-9,11,15,17H,3-6,10,12-13H2,1-2H3,(H,23,24)/t15-,17?/m0/s1. The number of carbonyl (C=O) groups excluding carboxylic acids is 2. The number of amides is 1. The SMILES string of the molecule is CCCCC[C@H](C(=O)OCC)C(C(=O)O)C(=O)N1CCc2ccccc21. The van der Waals surface area contributed by atoms with Crippen LogP contribution in [0.15, 0.2) is 24.3 Å². The number of carboxylic acids is 1. The van der Waals surface area contributed by atoms with Gasteiger partial charge >= 0.3 is 11.9 Å². The van der Waals surface area contributed by atoms with Crippen LogP contribution in [0.4, 0.5) is 5.69 Å². The van der Waals surface area contributed by atoms with Crippen LogP contribution < -0.4 is 4.90 Å². The summed E-state index contributed by atoms with van der Waals surface area (Å²) < 4.78 is 5.08. The predicted molar refractivity (Wildman–Crippen MR) is 97.9 cm³/mol. The Hall–Kier alpha value is -2.37. The summed E-state index contributed by atoms with van der Waals surface area (Å²) in [5.41, 5.74) is 1.75. The maximum Gasteiger partial charge on any atom is 0.316 e. The molecule has 2 rings (SSSR count). The van der Waals surface area contributed by atoms with Gasteiger partial charge in [0.15, 0.2) is 0 Å². The molecule has 0 fully saturated rings. The molecule has 1 heterocycles. The minimum absolute atomic E-state index is 0.163. The molecule has 142 valence electrons. The first-order valence-electron chi connectivity index (χ1n) is 9.29. The highest BCUT2D eigenvalue weighted by molar-refractivity contribution is 6.09. The zero-order valence-corrected chi connectivity index (χ0v) is 15.4. The number of carbonyl (C=O) groups is 3. The Morgan fingerprint density at radius 3 is 2.58 bits per heavy atom. The molecule has 0 spiro atoms. The fraction of sp³-hybridized carbons (Fsp3) is 0.550. The molecule has 1 unspecified atom stereocenters. The Morgan fingerprint density at radius 1 is 1.19 bits per heavy atom. The molecule has 1 N–H and O–H groups in total. The second-order valence-corrected chi connectivity index (χ2v) is 6.54. The van der Waals surface area contributed by atoms with Gasteiger partial charge in [0.1, 0.15) is 5.92 Å². The number of esters is 1. The first kappa shape index (κ1) is 19.9. The molecule has 26 heavy (non-hydrogen) atoms. The van der Waals surface area contributed by atoms with Gasteiger partial charge in [-0.1, -0.05) is 44.4 Å². The molecule has 0 aromatic heterocycles. The third kappa shape index (κ3) is 4.42. The molecule has 1 aliphatic heterocycles. The van der Waals surface area contributed by atoms with E-state index in [1.54, 1.807) is 6.92 Å². The molecule has 6 heteroatoms. The first-order valence-corrected chi connectivity index (χ1v) is 9.29. The topological polar surface area (TPSA) is 83.9 Å². The molecular formula is C20H27NO5. The van der Waals surface area contributed by atoms with Gasteiger partial charge in [0.2, 0.25) is 5.91 Å². The molecule has 0 saturated carbocycles. The van der Waals surface area contributed by atoms with Crippen LogP contribution >= 0.6 is 0 Å². The average Bonchev–Trinajstić information content (AvgIpc) is 3.04. The van der Waals surface area contributed by atoms with Gasteiger partial charge in [0, 0.05) is 12.2 Å². The highest BCUT2D eigenvalue weighted by Crippen LogP contribution is 2.32. The second kappa shape index (κ2) is 9.36. The highest BCUT2D eigenvalue weighted by atomic mass is 16.5. The van der Waals surface area contributed by atoms with E-state index in [-0.39, 0.29) is 6.61 Å². The minimum atomic E-state index is -1.42. The van der Waals surface area contributed by atoms with Crippen molar-refractivity contribution in [1.29, 1.82) is 0 Å². The van der Waals surface area contributed by atoms with Crippen LogP contribution in [0, 0.1) is 11.8 Å². The van der Waals surface area contributed by atoms with Gasteiger partial charge in [-0.05, 0) is 31.4 Å². The van der Waals surface area contributed by atoms with Crippen LogP contribution in [-0.2, 0) is 25.5 Å². The number of benzene rings is 1. The molecule has 0 aliphatic carbocycles. The van der Waals surface area contributed by atoms with E-state index in [4.69, 9.17) is 4.74 Å². The second-order valence-electron chi connectivity index (χ2n) is 6.54. The summed E-state index contributed by atoms with van der Waals surface area (Å²) in [6.45, 7) is 4.30. The van der Waals surface area contributed by atoms with Gasteiger partial charge in [-0.15, -0.1) is 0 Å². The number of rotatable bonds is 9. The number of ether oxygens (including phenoxy) is 1. The van der Waals surface area contributed by atoms with Gasteiger partial charge in [0.05, 0.1) is 12.5 Å². The van der Waals surface area contributed by atoms with E-state index >= 15 is 0 Å². The van der Waals surface area contributed by atoms with Crippen molar-refractivity contribution in [3.63, 3.8) is 0 Å². The molecule has 0 saturated heterocycles. The van der Waals surface area contributed by atoms with Gasteiger partial charge < -0.3 is 14.7 Å². The molecule has 1 aromatic carbocycles. The van der Waals surface area contributed by atoms with Crippen molar-refractivity contribution in [2.24, 2.45) is 11.8 Å². The van der Waals surface area contributed by atoms with Crippen LogP contribution in [0.1, 0.15) is 45.1 Å². The van der Waals surface area contributed by atoms with Crippen molar-refractivity contribution in [1.82, 2.24) is 0 Å². The van der Waals surface area contributed by atoms with Crippen LogP contribution in [-0.4, -0.2) is 36.1 Å². The van der Waals surface area contributed by atoms with Crippen molar-refractivity contribution in [2.75, 3.05) is 18.1 Å². The quantitative estimate of drug-likeness (QED) is 0.415. The van der Waals surface area contributed by atoms with E-state index in [0.717, 1.165) is 24.1 Å². The summed E-state index contributed by atoms with van der Waals surface area (Å²) in [7, 11) is 0. The fourth-order valence-corrected chi connectivity index (χ4v) is 3.47. The van der Waals surface area contributed by atoms with Crippen LogP contribution in [0.3, 0.4) is 0 Å². The number of para-hydroxylation sites is 1. The Labute approximate surface area is 154 Å². The summed E-state index contributed by atoms with van der Waals surface area (Å²) in [6, 6.07) is 7.47. The number of nitrogens with zero attached hydrogens (tertiary/aromatic N) is 1. The summed E-state index contributed by atoms with van der Waals surface area (Å²) >= 11 is 0. The number of hydrogen-bond donors (Lipinski definition) is 1. The lowest BCUT2D eigenvalue weighted by atomic mass is 9.86. The number of fused-ring (bicyclic) bond motifs is 1. The summed E-state index contributed by atoms with van der Waals surface area (Å²) in [5.74, 6) is -4.78. The van der Waals surface area contributed by atoms with Crippen molar-refractivity contribution in [3.05, 3.63) is 29.8 Å². The molecule has 2 atom stereocenters. The zero-order chi connectivity index (χ0) is 19.1. The van der Waals surface area contributed by atoms with Gasteiger partial charge in [-0.3, -0.25) is 14.4 Å². The Balaban J connectivity index is 2.27. The number of carboxylic acid groups (broad SMARTS) is 1. The summed E-state index contributed by atoms with van der Waals surface area (Å²) in [6.07, 6.45) is 3.54. The average molecular weight is 361 g/mol. The van der Waals surface area contributed by atoms with Crippen molar-refractivity contribution < 1.29 is 24.2 Å². The Morgan fingerprint density at radius 2 is 1.92 bits per heavy atom. The predicted octanol–water partition coefficient (Wildman–Crippen LogP) is 3.04. The molecule has 0 radical (unpaired) electrons. The fourth-order valence-electron chi connectivity index (χ4n) is 3.47. The lowest BCUT2D eigenvalue weighted by Gasteiger charge is -2.26. The van der Waals surface area contributed by atoms with E-state index in [1.165, 1.54) is 4.90 Å². The lowest BCUT2D eigenvalue weighted by Crippen LogP contribution is -2.45. The van der Waals surface area contributed by atoms with Crippen LogP contribution in [0.2, 0.25) is 0 Å². The third-order valence-electron chi connectivity index (χ3n) is 4.80. The van der Waals surface area contributed by atoms with Gasteiger partial charge in [-0.2, -0.15) is 0 Å². The summed E-state index contributed by atoms with van der Waals surface area (Å²) in [5, 5.41) is 9.74. The largest absolute Gasteiger partial charge is 0.481 e. The Bertz CT molecular complexity index is 657. The maximum absolute atomic E-state index is 13.1. The van der Waals surface area contributed by atoms with Crippen LogP contribution in [0.25, 0.3) is 0 Å². The van der Waals surface area contributed by atoms with Crippen molar-refractivity contribution in [2.45, 2.75) is 46.0 Å². The normalized spacial score (nSPS) is 15.2. The van der Waals surface area contributed by atoms with Gasteiger partial charge in [0.25, 0.3) is 0 Å². The number of unbranched alkanes of at least 4 members (excludes halogenated alkanes) is 2. The number of hydrogen-bond acceptors (Lipinski definition) is 4. The summed E-state index contributed by atoms with van der Waals surface area (Å²) in [4.78, 5) is 38.9. The highest BCUT2D eigenvalue weighted by Gasteiger charge is 2.43. The number of aliphatic carboxylic acids is 1. The van der Waals surface area contributed by atoms with Crippen LogP contribution in [0.5, 0.6) is 0 Å². The lowest BCUT2D eigenvalue weighted by molar-refractivity contribution is -0.161. The smallest absolute Gasteiger partial charge is 0.316 e.